The molecule has 0 radical (unpaired) electrons. The molecule has 2 fully saturated rings. The molecule has 0 aromatic heterocycles. The van der Waals surface area contributed by atoms with Gasteiger partial charge in [0, 0.05) is 25.2 Å². The SMILES string of the molecule is Cl.Cl.N[C@H]1CCN(C2CCC2)C1. The fraction of sp³-hybridized carbons (Fsp3) is 1.00. The number of hydrogen-bond acceptors (Lipinski definition) is 2. The largest absolute Gasteiger partial charge is 0.326 e. The molecule has 0 bridgehead atoms. The van der Waals surface area contributed by atoms with Gasteiger partial charge in [-0.3, -0.25) is 4.90 Å². The van der Waals surface area contributed by atoms with Gasteiger partial charge in [-0.15, -0.1) is 24.8 Å². The quantitative estimate of drug-likeness (QED) is 0.713. The summed E-state index contributed by atoms with van der Waals surface area (Å²) in [5.41, 5.74) is 5.80. The van der Waals surface area contributed by atoms with Gasteiger partial charge in [0.25, 0.3) is 0 Å². The fourth-order valence-corrected chi connectivity index (χ4v) is 1.90. The molecular weight excluding hydrogens is 195 g/mol. The zero-order chi connectivity index (χ0) is 6.97. The van der Waals surface area contributed by atoms with Gasteiger partial charge in [-0.25, -0.2) is 0 Å². The zero-order valence-corrected chi connectivity index (χ0v) is 8.87. The van der Waals surface area contributed by atoms with Crippen LogP contribution in [0.2, 0.25) is 0 Å². The second kappa shape index (κ2) is 5.28. The predicted molar refractivity (Wildman–Crippen MR) is 56.3 cm³/mol. The van der Waals surface area contributed by atoms with E-state index in [1.165, 1.54) is 32.2 Å². The molecule has 2 aliphatic rings. The third kappa shape index (κ3) is 2.49. The number of nitrogens with zero attached hydrogens (tertiary/aromatic N) is 1. The Kier molecular flexibility index (Phi) is 5.50. The molecule has 12 heavy (non-hydrogen) atoms. The lowest BCUT2D eigenvalue weighted by molar-refractivity contribution is 0.157. The van der Waals surface area contributed by atoms with Gasteiger partial charge in [0.1, 0.15) is 0 Å². The first-order valence-electron chi connectivity index (χ1n) is 4.36. The Labute approximate surface area is 86.7 Å². The Morgan fingerprint density at radius 1 is 1.08 bits per heavy atom. The van der Waals surface area contributed by atoms with Crippen molar-refractivity contribution in [3.05, 3.63) is 0 Å². The lowest BCUT2D eigenvalue weighted by Crippen LogP contribution is -2.39. The van der Waals surface area contributed by atoms with Crippen molar-refractivity contribution in [2.24, 2.45) is 5.73 Å². The average Bonchev–Trinajstić information content (AvgIpc) is 2.10. The van der Waals surface area contributed by atoms with E-state index in [1.54, 1.807) is 0 Å². The lowest BCUT2D eigenvalue weighted by Gasteiger charge is -2.34. The van der Waals surface area contributed by atoms with Crippen LogP contribution in [0.5, 0.6) is 0 Å². The van der Waals surface area contributed by atoms with Crippen molar-refractivity contribution in [1.82, 2.24) is 4.90 Å². The monoisotopic (exact) mass is 212 g/mol. The Morgan fingerprint density at radius 3 is 2.08 bits per heavy atom. The Hall–Kier alpha value is 0.500. The van der Waals surface area contributed by atoms with E-state index in [0.717, 1.165) is 12.6 Å². The van der Waals surface area contributed by atoms with E-state index in [-0.39, 0.29) is 24.8 Å². The van der Waals surface area contributed by atoms with E-state index in [0.29, 0.717) is 6.04 Å². The number of likely N-dealkylation sites (tertiary alicyclic amines) is 1. The highest BCUT2D eigenvalue weighted by Gasteiger charge is 2.29. The predicted octanol–water partition coefficient (Wildman–Crippen LogP) is 1.42. The summed E-state index contributed by atoms with van der Waals surface area (Å²) >= 11 is 0. The van der Waals surface area contributed by atoms with Gasteiger partial charge in [-0.2, -0.15) is 0 Å². The molecule has 2 rings (SSSR count). The summed E-state index contributed by atoms with van der Waals surface area (Å²) < 4.78 is 0. The molecule has 0 unspecified atom stereocenters. The zero-order valence-electron chi connectivity index (χ0n) is 7.24. The molecule has 1 heterocycles. The van der Waals surface area contributed by atoms with Crippen LogP contribution in [0.1, 0.15) is 25.7 Å². The average molecular weight is 213 g/mol. The standard InChI is InChI=1S/C8H16N2.2ClH/c9-7-4-5-10(6-7)8-2-1-3-8;;/h7-8H,1-6,9H2;2*1H/t7-;;/m0../s1. The minimum atomic E-state index is 0. The number of nitrogens with two attached hydrogens (primary N) is 1. The summed E-state index contributed by atoms with van der Waals surface area (Å²) in [6, 6.07) is 1.38. The van der Waals surface area contributed by atoms with Crippen LogP contribution in [-0.2, 0) is 0 Å². The third-order valence-corrected chi connectivity index (χ3v) is 2.85. The summed E-state index contributed by atoms with van der Waals surface area (Å²) in [6.45, 7) is 2.41. The highest BCUT2D eigenvalue weighted by molar-refractivity contribution is 5.85. The maximum atomic E-state index is 5.80. The molecule has 0 spiro atoms. The van der Waals surface area contributed by atoms with Crippen LogP contribution in [0.4, 0.5) is 0 Å². The molecule has 1 aliphatic heterocycles. The number of halogens is 2. The van der Waals surface area contributed by atoms with Crippen molar-refractivity contribution in [2.75, 3.05) is 13.1 Å². The smallest absolute Gasteiger partial charge is 0.0180 e. The molecule has 1 atom stereocenters. The van der Waals surface area contributed by atoms with Crippen LogP contribution in [0.15, 0.2) is 0 Å². The Bertz CT molecular complexity index is 128. The topological polar surface area (TPSA) is 29.3 Å². The summed E-state index contributed by atoms with van der Waals surface area (Å²) in [4.78, 5) is 2.56. The van der Waals surface area contributed by atoms with E-state index >= 15 is 0 Å². The molecule has 0 amide bonds. The second-order valence-electron chi connectivity index (χ2n) is 3.63. The Morgan fingerprint density at radius 2 is 1.75 bits per heavy atom. The maximum absolute atomic E-state index is 5.80. The molecule has 1 saturated carbocycles. The van der Waals surface area contributed by atoms with Gasteiger partial charge >= 0.3 is 0 Å². The van der Waals surface area contributed by atoms with Gasteiger partial charge in [0.05, 0.1) is 0 Å². The van der Waals surface area contributed by atoms with E-state index in [9.17, 15) is 0 Å². The number of rotatable bonds is 1. The van der Waals surface area contributed by atoms with Crippen molar-refractivity contribution in [3.8, 4) is 0 Å². The van der Waals surface area contributed by atoms with E-state index in [4.69, 9.17) is 5.73 Å². The van der Waals surface area contributed by atoms with Gasteiger partial charge in [0.2, 0.25) is 0 Å². The highest BCUT2D eigenvalue weighted by atomic mass is 35.5. The van der Waals surface area contributed by atoms with Gasteiger partial charge < -0.3 is 5.73 Å². The van der Waals surface area contributed by atoms with E-state index < -0.39 is 0 Å². The van der Waals surface area contributed by atoms with Crippen LogP contribution in [0.25, 0.3) is 0 Å². The molecule has 1 saturated heterocycles. The molecule has 74 valence electrons. The van der Waals surface area contributed by atoms with Gasteiger partial charge in [-0.1, -0.05) is 6.42 Å². The second-order valence-corrected chi connectivity index (χ2v) is 3.63. The van der Waals surface area contributed by atoms with Crippen molar-refractivity contribution in [1.29, 1.82) is 0 Å². The number of hydrogen-bond donors (Lipinski definition) is 1. The first kappa shape index (κ1) is 12.5. The van der Waals surface area contributed by atoms with Gasteiger partial charge in [0.15, 0.2) is 0 Å². The van der Waals surface area contributed by atoms with Gasteiger partial charge in [-0.05, 0) is 19.3 Å². The summed E-state index contributed by atoms with van der Waals surface area (Å²) in [6.07, 6.45) is 5.51. The fourth-order valence-electron chi connectivity index (χ4n) is 1.90. The third-order valence-electron chi connectivity index (χ3n) is 2.85. The lowest BCUT2D eigenvalue weighted by atomic mass is 9.92. The van der Waals surface area contributed by atoms with E-state index in [2.05, 4.69) is 4.90 Å². The first-order valence-corrected chi connectivity index (χ1v) is 4.36. The molecule has 4 heteroatoms. The van der Waals surface area contributed by atoms with Crippen LogP contribution >= 0.6 is 24.8 Å². The Balaban J connectivity index is 0.000000605. The van der Waals surface area contributed by atoms with Crippen LogP contribution in [0.3, 0.4) is 0 Å². The van der Waals surface area contributed by atoms with Crippen LogP contribution < -0.4 is 5.73 Å². The van der Waals surface area contributed by atoms with Crippen molar-refractivity contribution in [3.63, 3.8) is 0 Å². The molecule has 0 aromatic carbocycles. The molecule has 2 N–H and O–H groups in total. The summed E-state index contributed by atoms with van der Waals surface area (Å²) in [5.74, 6) is 0. The maximum Gasteiger partial charge on any atom is 0.0180 e. The molecular formula is C8H18Cl2N2. The molecule has 1 aliphatic carbocycles. The van der Waals surface area contributed by atoms with Crippen molar-refractivity contribution in [2.45, 2.75) is 37.8 Å². The van der Waals surface area contributed by atoms with Crippen LogP contribution in [0, 0.1) is 0 Å². The normalized spacial score (nSPS) is 30.2. The van der Waals surface area contributed by atoms with Crippen molar-refractivity contribution < 1.29 is 0 Å². The summed E-state index contributed by atoms with van der Waals surface area (Å²) in [5, 5.41) is 0. The first-order chi connectivity index (χ1) is 4.86. The summed E-state index contributed by atoms with van der Waals surface area (Å²) in [7, 11) is 0. The minimum Gasteiger partial charge on any atom is -0.326 e. The van der Waals surface area contributed by atoms with Crippen molar-refractivity contribution >= 4 is 24.8 Å². The molecule has 0 aromatic rings. The highest BCUT2D eigenvalue weighted by Crippen LogP contribution is 2.27. The van der Waals surface area contributed by atoms with Crippen LogP contribution in [-0.4, -0.2) is 30.1 Å². The van der Waals surface area contributed by atoms with E-state index in [1.807, 2.05) is 0 Å². The molecule has 2 nitrogen and oxygen atoms in total. The minimum absolute atomic E-state index is 0.